The fraction of sp³-hybridized carbons (Fsp3) is 0.417. The number of benzene rings is 1. The molecule has 2 aliphatic heterocycles. The van der Waals surface area contributed by atoms with Crippen LogP contribution in [0.2, 0.25) is 0 Å². The number of anilines is 1. The number of nitrogens with one attached hydrogen (secondary N) is 1. The molecule has 0 saturated carbocycles. The maximum Gasteiger partial charge on any atom is 0.232 e. The van der Waals surface area contributed by atoms with E-state index in [0.29, 0.717) is 19.8 Å². The second kappa shape index (κ2) is 9.42. The first-order chi connectivity index (χ1) is 14.9. The normalized spacial score (nSPS) is 17.1. The number of pyridine rings is 1. The maximum absolute atomic E-state index is 12.4. The van der Waals surface area contributed by atoms with Gasteiger partial charge in [-0.15, -0.1) is 0 Å². The van der Waals surface area contributed by atoms with Crippen molar-refractivity contribution in [2.24, 2.45) is 5.92 Å². The van der Waals surface area contributed by atoms with E-state index in [0.717, 1.165) is 45.8 Å². The molecule has 7 heteroatoms. The second-order valence-electron chi connectivity index (χ2n) is 8.39. The highest BCUT2D eigenvalue weighted by Crippen LogP contribution is 2.37. The topological polar surface area (TPSA) is 69.7 Å². The van der Waals surface area contributed by atoms with E-state index in [2.05, 4.69) is 22.9 Å². The second-order valence-corrected chi connectivity index (χ2v) is 9.34. The standard InChI is InChI=1S/C24H28N2O4S/c1-24(2,15-28-3)30-21-12-20(22-7-5-4-6-10-31-22)26-19-9-8-17(11-18(19)21)25-23(27)16-13-29-14-16/h6-12,16H,4-5,13-15H2,1-3H3,(H,25,27). The summed E-state index contributed by atoms with van der Waals surface area (Å²) in [6.45, 7) is 5.39. The minimum atomic E-state index is -0.520. The largest absolute Gasteiger partial charge is 0.485 e. The monoisotopic (exact) mass is 440 g/mol. The molecule has 1 N–H and O–H groups in total. The van der Waals surface area contributed by atoms with Gasteiger partial charge in [-0.3, -0.25) is 4.79 Å². The lowest BCUT2D eigenvalue weighted by Gasteiger charge is -2.27. The molecule has 0 bridgehead atoms. The van der Waals surface area contributed by atoms with Gasteiger partial charge in [0.15, 0.2) is 0 Å². The minimum absolute atomic E-state index is 0.0239. The van der Waals surface area contributed by atoms with Crippen LogP contribution in [0.3, 0.4) is 0 Å². The lowest BCUT2D eigenvalue weighted by molar-refractivity contribution is -0.133. The van der Waals surface area contributed by atoms with Gasteiger partial charge in [-0.1, -0.05) is 23.9 Å². The highest BCUT2D eigenvalue weighted by molar-refractivity contribution is 8.10. The Morgan fingerprint density at radius 1 is 1.29 bits per heavy atom. The maximum atomic E-state index is 12.4. The van der Waals surface area contributed by atoms with E-state index in [-0.39, 0.29) is 11.8 Å². The van der Waals surface area contributed by atoms with Crippen LogP contribution in [0, 0.1) is 5.92 Å². The first kappa shape index (κ1) is 21.9. The number of allylic oxidation sites excluding steroid dienone is 2. The molecule has 0 spiro atoms. The van der Waals surface area contributed by atoms with Gasteiger partial charge in [-0.05, 0) is 50.3 Å². The van der Waals surface area contributed by atoms with Crippen LogP contribution in [0.5, 0.6) is 5.75 Å². The van der Waals surface area contributed by atoms with E-state index >= 15 is 0 Å². The molecule has 1 amide bonds. The number of hydrogen-bond acceptors (Lipinski definition) is 6. The van der Waals surface area contributed by atoms with Gasteiger partial charge in [0.05, 0.1) is 36.9 Å². The third-order valence-corrected chi connectivity index (χ3v) is 6.09. The summed E-state index contributed by atoms with van der Waals surface area (Å²) in [5.74, 6) is 0.615. The van der Waals surface area contributed by atoms with Crippen LogP contribution in [0.1, 0.15) is 32.4 Å². The van der Waals surface area contributed by atoms with Gasteiger partial charge in [-0.25, -0.2) is 4.98 Å². The van der Waals surface area contributed by atoms with Gasteiger partial charge < -0.3 is 19.5 Å². The summed E-state index contributed by atoms with van der Waals surface area (Å²) in [5.41, 5.74) is 1.91. The summed E-state index contributed by atoms with van der Waals surface area (Å²) in [6.07, 6.45) is 6.41. The van der Waals surface area contributed by atoms with Crippen molar-refractivity contribution in [3.05, 3.63) is 47.5 Å². The zero-order chi connectivity index (χ0) is 21.8. The van der Waals surface area contributed by atoms with Crippen molar-refractivity contribution in [1.82, 2.24) is 4.98 Å². The van der Waals surface area contributed by atoms with Crippen molar-refractivity contribution in [3.8, 4) is 5.75 Å². The number of rotatable bonds is 7. The smallest absolute Gasteiger partial charge is 0.232 e. The third kappa shape index (κ3) is 5.29. The van der Waals surface area contributed by atoms with Crippen molar-refractivity contribution in [1.29, 1.82) is 0 Å². The number of amides is 1. The molecule has 3 heterocycles. The van der Waals surface area contributed by atoms with Crippen LogP contribution < -0.4 is 10.1 Å². The molecule has 164 valence electrons. The van der Waals surface area contributed by atoms with Crippen LogP contribution in [-0.4, -0.2) is 43.4 Å². The molecule has 0 atom stereocenters. The number of carbonyl (C=O) groups excluding carboxylic acids is 1. The third-order valence-electron chi connectivity index (χ3n) is 5.13. The Balaban J connectivity index is 1.73. The fourth-order valence-electron chi connectivity index (χ4n) is 3.50. The predicted octanol–water partition coefficient (Wildman–Crippen LogP) is 5.01. The average molecular weight is 441 g/mol. The number of nitrogens with zero attached hydrogens (tertiary/aromatic N) is 1. The van der Waals surface area contributed by atoms with E-state index < -0.39 is 5.60 Å². The van der Waals surface area contributed by atoms with Crippen molar-refractivity contribution in [2.45, 2.75) is 32.3 Å². The Morgan fingerprint density at radius 3 is 2.87 bits per heavy atom. The molecule has 0 radical (unpaired) electrons. The number of thioether (sulfide) groups is 1. The quantitative estimate of drug-likeness (QED) is 0.653. The van der Waals surface area contributed by atoms with Crippen LogP contribution >= 0.6 is 11.8 Å². The first-order valence-electron chi connectivity index (χ1n) is 10.5. The Bertz CT molecular complexity index is 1030. The summed E-state index contributed by atoms with van der Waals surface area (Å²) in [4.78, 5) is 18.4. The van der Waals surface area contributed by atoms with Gasteiger partial charge in [0, 0.05) is 29.2 Å². The molecule has 2 aliphatic rings. The summed E-state index contributed by atoms with van der Waals surface area (Å²) in [5, 5.41) is 5.95. The van der Waals surface area contributed by atoms with Gasteiger partial charge in [0.25, 0.3) is 0 Å². The zero-order valence-corrected chi connectivity index (χ0v) is 19.0. The van der Waals surface area contributed by atoms with Gasteiger partial charge >= 0.3 is 0 Å². The lowest BCUT2D eigenvalue weighted by atomic mass is 10.1. The highest BCUT2D eigenvalue weighted by atomic mass is 32.2. The Kier molecular flexibility index (Phi) is 6.65. The van der Waals surface area contributed by atoms with E-state index in [1.165, 1.54) is 0 Å². The molecule has 0 unspecified atom stereocenters. The van der Waals surface area contributed by atoms with Gasteiger partial charge in [0.2, 0.25) is 5.91 Å². The fourth-order valence-corrected chi connectivity index (χ4v) is 4.32. The van der Waals surface area contributed by atoms with Crippen LogP contribution in [0.4, 0.5) is 5.69 Å². The number of aromatic nitrogens is 1. The van der Waals surface area contributed by atoms with Crippen molar-refractivity contribution >= 4 is 39.2 Å². The van der Waals surface area contributed by atoms with Crippen molar-refractivity contribution in [2.75, 3.05) is 32.2 Å². The average Bonchev–Trinajstić information content (AvgIpc) is 2.96. The number of carbonyl (C=O) groups is 1. The Hall–Kier alpha value is -2.35. The molecular weight excluding hydrogens is 412 g/mol. The van der Waals surface area contributed by atoms with Crippen molar-refractivity contribution in [3.63, 3.8) is 0 Å². The van der Waals surface area contributed by atoms with E-state index in [4.69, 9.17) is 19.2 Å². The van der Waals surface area contributed by atoms with E-state index in [9.17, 15) is 4.79 Å². The lowest BCUT2D eigenvalue weighted by Crippen LogP contribution is -2.38. The molecule has 1 aromatic carbocycles. The number of ether oxygens (including phenoxy) is 3. The summed E-state index contributed by atoms with van der Waals surface area (Å²) in [7, 11) is 1.66. The minimum Gasteiger partial charge on any atom is -0.485 e. The summed E-state index contributed by atoms with van der Waals surface area (Å²) < 4.78 is 16.9. The molecule has 6 nitrogen and oxygen atoms in total. The molecule has 0 aliphatic carbocycles. The molecule has 4 rings (SSSR count). The highest BCUT2D eigenvalue weighted by Gasteiger charge is 2.27. The predicted molar refractivity (Wildman–Crippen MR) is 125 cm³/mol. The van der Waals surface area contributed by atoms with Crippen LogP contribution in [0.25, 0.3) is 15.8 Å². The van der Waals surface area contributed by atoms with Crippen LogP contribution in [0.15, 0.2) is 41.8 Å². The molecule has 1 fully saturated rings. The van der Waals surface area contributed by atoms with E-state index in [1.807, 2.05) is 38.1 Å². The van der Waals surface area contributed by atoms with Gasteiger partial charge in [-0.2, -0.15) is 0 Å². The molecule has 31 heavy (non-hydrogen) atoms. The summed E-state index contributed by atoms with van der Waals surface area (Å²) >= 11 is 1.68. The SMILES string of the molecule is COCC(C)(C)Oc1cc(C2=CCCC=CS2)nc2ccc(NC(=O)C3COC3)cc12. The molecule has 2 aromatic rings. The molecular formula is C24H28N2O4S. The molecule has 1 saturated heterocycles. The zero-order valence-electron chi connectivity index (χ0n) is 18.1. The summed E-state index contributed by atoms with van der Waals surface area (Å²) in [6, 6.07) is 7.73. The Morgan fingerprint density at radius 2 is 2.13 bits per heavy atom. The number of methoxy groups -OCH3 is 1. The van der Waals surface area contributed by atoms with Crippen LogP contribution in [-0.2, 0) is 14.3 Å². The number of fused-ring (bicyclic) bond motifs is 1. The molecule has 1 aromatic heterocycles. The Labute approximate surface area is 187 Å². The van der Waals surface area contributed by atoms with Crippen molar-refractivity contribution < 1.29 is 19.0 Å². The first-order valence-corrected chi connectivity index (χ1v) is 11.4. The van der Waals surface area contributed by atoms with E-state index in [1.54, 1.807) is 18.9 Å². The number of hydrogen-bond donors (Lipinski definition) is 1. The van der Waals surface area contributed by atoms with Gasteiger partial charge in [0.1, 0.15) is 11.4 Å².